The quantitative estimate of drug-likeness (QED) is 0.618. The van der Waals surface area contributed by atoms with E-state index < -0.39 is 5.82 Å². The van der Waals surface area contributed by atoms with E-state index >= 15 is 0 Å². The van der Waals surface area contributed by atoms with Crippen molar-refractivity contribution in [3.8, 4) is 11.4 Å². The smallest absolute Gasteiger partial charge is 0.249 e. The molecule has 144 valence electrons. The van der Waals surface area contributed by atoms with Crippen LogP contribution in [-0.2, 0) is 11.3 Å². The molecule has 1 amide bonds. The van der Waals surface area contributed by atoms with Crippen LogP contribution in [0.1, 0.15) is 41.5 Å². The Morgan fingerprint density at radius 1 is 1.25 bits per heavy atom. The van der Waals surface area contributed by atoms with Crippen LogP contribution in [0.15, 0.2) is 40.9 Å². The summed E-state index contributed by atoms with van der Waals surface area (Å²) in [6.45, 7) is 4.58. The minimum Gasteiger partial charge on any atom is -0.337 e. The number of halogens is 2. The Morgan fingerprint density at radius 2 is 2.07 bits per heavy atom. The lowest BCUT2D eigenvalue weighted by molar-refractivity contribution is -0.130. The lowest BCUT2D eigenvalue weighted by atomic mass is 10.0. The molecule has 0 bridgehead atoms. The molecule has 0 radical (unpaired) electrons. The van der Waals surface area contributed by atoms with Crippen LogP contribution >= 0.6 is 11.6 Å². The fraction of sp³-hybridized carbons (Fsp3) is 0.286. The van der Waals surface area contributed by atoms with Gasteiger partial charge in [-0.1, -0.05) is 40.5 Å². The second-order valence-corrected chi connectivity index (χ2v) is 7.50. The number of hydrogen-bond donors (Lipinski definition) is 0. The Labute approximate surface area is 167 Å². The average molecular weight is 400 g/mol. The molecule has 3 aromatic rings. The maximum atomic E-state index is 13.4. The summed E-state index contributed by atoms with van der Waals surface area (Å²) in [5, 5.41) is 3.99. The highest BCUT2D eigenvalue weighted by molar-refractivity contribution is 6.31. The number of hydrogen-bond acceptors (Lipinski definition) is 4. The Morgan fingerprint density at radius 3 is 2.82 bits per heavy atom. The molecule has 0 saturated carbocycles. The van der Waals surface area contributed by atoms with Gasteiger partial charge in [-0.25, -0.2) is 4.39 Å². The van der Waals surface area contributed by atoms with Crippen LogP contribution in [0.5, 0.6) is 0 Å². The summed E-state index contributed by atoms with van der Waals surface area (Å²) < 4.78 is 18.8. The van der Waals surface area contributed by atoms with E-state index in [0.29, 0.717) is 36.7 Å². The zero-order chi connectivity index (χ0) is 19.8. The fourth-order valence-electron chi connectivity index (χ4n) is 3.52. The summed E-state index contributed by atoms with van der Waals surface area (Å²) in [5.41, 5.74) is 3.98. The number of aryl methyl sites for hydroxylation is 2. The molecule has 0 aliphatic carbocycles. The van der Waals surface area contributed by atoms with Crippen molar-refractivity contribution in [2.24, 2.45) is 0 Å². The molecule has 5 nitrogen and oxygen atoms in total. The van der Waals surface area contributed by atoms with E-state index in [1.165, 1.54) is 17.7 Å². The standard InChI is InChI=1S/C21H19ClFN3O2/c1-12-3-4-15(13(2)9-12)11-26-18(7-8-19(26)27)21-24-20(25-28-21)14-5-6-17(23)16(22)10-14/h3-6,9-10,18H,7-8,11H2,1-2H3. The van der Waals surface area contributed by atoms with Gasteiger partial charge in [0.15, 0.2) is 0 Å². The van der Waals surface area contributed by atoms with Crippen LogP contribution in [0.4, 0.5) is 4.39 Å². The number of nitrogens with zero attached hydrogens (tertiary/aromatic N) is 3. The third-order valence-corrected chi connectivity index (χ3v) is 5.36. The lowest BCUT2D eigenvalue weighted by Crippen LogP contribution is -2.27. The Bertz CT molecular complexity index is 1050. The zero-order valence-electron chi connectivity index (χ0n) is 15.6. The van der Waals surface area contributed by atoms with Crippen LogP contribution in [0.3, 0.4) is 0 Å². The fourth-order valence-corrected chi connectivity index (χ4v) is 3.70. The van der Waals surface area contributed by atoms with Gasteiger partial charge in [0.05, 0.1) is 5.02 Å². The molecule has 0 spiro atoms. The maximum Gasteiger partial charge on any atom is 0.249 e. The summed E-state index contributed by atoms with van der Waals surface area (Å²) in [6.07, 6.45) is 1.06. The maximum absolute atomic E-state index is 13.4. The number of amides is 1. The highest BCUT2D eigenvalue weighted by Gasteiger charge is 2.36. The summed E-state index contributed by atoms with van der Waals surface area (Å²) >= 11 is 5.84. The molecule has 1 aromatic heterocycles. The van der Waals surface area contributed by atoms with Gasteiger partial charge >= 0.3 is 0 Å². The second kappa shape index (κ2) is 7.36. The first-order valence-corrected chi connectivity index (χ1v) is 9.45. The van der Waals surface area contributed by atoms with Crippen molar-refractivity contribution in [1.29, 1.82) is 0 Å². The van der Waals surface area contributed by atoms with Gasteiger partial charge < -0.3 is 9.42 Å². The molecule has 1 saturated heterocycles. The molecule has 1 aliphatic rings. The van der Waals surface area contributed by atoms with Crippen LogP contribution in [-0.4, -0.2) is 20.9 Å². The molecular weight excluding hydrogens is 381 g/mol. The normalized spacial score (nSPS) is 16.8. The zero-order valence-corrected chi connectivity index (χ0v) is 16.3. The Hall–Kier alpha value is -2.73. The van der Waals surface area contributed by atoms with Crippen molar-refractivity contribution in [3.05, 3.63) is 69.8 Å². The summed E-state index contributed by atoms with van der Waals surface area (Å²) in [7, 11) is 0. The lowest BCUT2D eigenvalue weighted by Gasteiger charge is -2.23. The molecule has 0 N–H and O–H groups in total. The highest BCUT2D eigenvalue weighted by Crippen LogP contribution is 2.35. The molecule has 1 fully saturated rings. The molecule has 1 aliphatic heterocycles. The first kappa shape index (κ1) is 18.6. The van der Waals surface area contributed by atoms with Crippen LogP contribution in [0.2, 0.25) is 5.02 Å². The van der Waals surface area contributed by atoms with Gasteiger partial charge in [-0.15, -0.1) is 0 Å². The van der Waals surface area contributed by atoms with Crippen molar-refractivity contribution < 1.29 is 13.7 Å². The highest BCUT2D eigenvalue weighted by atomic mass is 35.5. The van der Waals surface area contributed by atoms with Gasteiger partial charge in [-0.05, 0) is 49.6 Å². The predicted octanol–water partition coefficient (Wildman–Crippen LogP) is 5.01. The number of aromatic nitrogens is 2. The van der Waals surface area contributed by atoms with E-state index in [2.05, 4.69) is 16.2 Å². The molecule has 2 aromatic carbocycles. The molecule has 7 heteroatoms. The average Bonchev–Trinajstić information content (AvgIpc) is 3.27. The first-order valence-electron chi connectivity index (χ1n) is 9.07. The van der Waals surface area contributed by atoms with Gasteiger partial charge in [0, 0.05) is 18.5 Å². The second-order valence-electron chi connectivity index (χ2n) is 7.09. The van der Waals surface area contributed by atoms with Gasteiger partial charge in [0.1, 0.15) is 11.9 Å². The minimum absolute atomic E-state index is 0.00336. The molecule has 1 unspecified atom stereocenters. The third-order valence-electron chi connectivity index (χ3n) is 5.07. The van der Waals surface area contributed by atoms with E-state index in [1.807, 2.05) is 26.0 Å². The van der Waals surface area contributed by atoms with Crippen LogP contribution in [0.25, 0.3) is 11.4 Å². The van der Waals surface area contributed by atoms with Gasteiger partial charge in [0.25, 0.3) is 0 Å². The number of benzene rings is 2. The van der Waals surface area contributed by atoms with E-state index in [-0.39, 0.29) is 17.0 Å². The summed E-state index contributed by atoms with van der Waals surface area (Å²) in [6, 6.07) is 10.2. The third kappa shape index (κ3) is 3.52. The topological polar surface area (TPSA) is 59.2 Å². The molecule has 1 atom stereocenters. The molecular formula is C21H19ClFN3O2. The SMILES string of the molecule is Cc1ccc(CN2C(=O)CCC2c2nc(-c3ccc(F)c(Cl)c3)no2)c(C)c1. The van der Waals surface area contributed by atoms with Crippen molar-refractivity contribution in [1.82, 2.24) is 15.0 Å². The number of rotatable bonds is 4. The Kier molecular flexibility index (Phi) is 4.89. The minimum atomic E-state index is -0.504. The largest absolute Gasteiger partial charge is 0.337 e. The van der Waals surface area contributed by atoms with E-state index in [0.717, 1.165) is 11.1 Å². The van der Waals surface area contributed by atoms with E-state index in [9.17, 15) is 9.18 Å². The predicted molar refractivity (Wildman–Crippen MR) is 103 cm³/mol. The molecule has 28 heavy (non-hydrogen) atoms. The monoisotopic (exact) mass is 399 g/mol. The number of carbonyl (C=O) groups excluding carboxylic acids is 1. The van der Waals surface area contributed by atoms with Crippen LogP contribution < -0.4 is 0 Å². The number of carbonyl (C=O) groups is 1. The number of likely N-dealkylation sites (tertiary alicyclic amines) is 1. The van der Waals surface area contributed by atoms with Crippen molar-refractivity contribution in [2.45, 2.75) is 39.3 Å². The van der Waals surface area contributed by atoms with Crippen molar-refractivity contribution in [3.63, 3.8) is 0 Å². The van der Waals surface area contributed by atoms with Gasteiger partial charge in [0.2, 0.25) is 17.6 Å². The summed E-state index contributed by atoms with van der Waals surface area (Å²) in [4.78, 5) is 18.7. The van der Waals surface area contributed by atoms with Gasteiger partial charge in [-0.3, -0.25) is 4.79 Å². The van der Waals surface area contributed by atoms with E-state index in [1.54, 1.807) is 11.0 Å². The van der Waals surface area contributed by atoms with E-state index in [4.69, 9.17) is 16.1 Å². The van der Waals surface area contributed by atoms with Crippen LogP contribution in [0, 0.1) is 19.7 Å². The molecule has 2 heterocycles. The first-order chi connectivity index (χ1) is 13.4. The Balaban J connectivity index is 1.60. The van der Waals surface area contributed by atoms with Crippen molar-refractivity contribution in [2.75, 3.05) is 0 Å². The van der Waals surface area contributed by atoms with Gasteiger partial charge in [-0.2, -0.15) is 4.98 Å². The molecule has 4 rings (SSSR count). The summed E-state index contributed by atoms with van der Waals surface area (Å²) in [5.74, 6) is 0.262. The van der Waals surface area contributed by atoms with Crippen molar-refractivity contribution >= 4 is 17.5 Å².